The SMILES string of the molecule is [C-]#[N+]CCOP(=O)(OC[C@H]1O[C@@H](n2cnc3c(=O)[nH]c(NC(=O)C(C)C)nc32)[C@H](O[Si](C)(C)C(C)(C)C)[C@@H]1OC(c1ccccc1)(c1ccc(OC)cc1)c1ccc(OC)cc1)O[C@@H]1[C@@H](COC(c2ccccc2)(c2ccc(OC)cc2)c2ccc(OC)cc2)[C@@H]2C[C@@]2(n2cnc3c(NC(=O)c4ccccc4)ncnc32)[C@@H]1C. The summed E-state index contributed by atoms with van der Waals surface area (Å²) in [5, 5.41) is 5.26. The normalized spacial score (nSPS) is 20.8. The van der Waals surface area contributed by atoms with Crippen LogP contribution in [0.25, 0.3) is 27.2 Å². The summed E-state index contributed by atoms with van der Waals surface area (Å²) in [6.07, 6.45) is -1.01. The number of imidazole rings is 2. The van der Waals surface area contributed by atoms with Crippen molar-refractivity contribution >= 4 is 62.0 Å². The van der Waals surface area contributed by atoms with Crippen molar-refractivity contribution in [2.24, 2.45) is 23.7 Å². The van der Waals surface area contributed by atoms with Crippen LogP contribution in [0.5, 0.6) is 23.0 Å². The molecule has 2 aliphatic carbocycles. The predicted octanol–water partition coefficient (Wildman–Crippen LogP) is 14.9. The molecule has 1 aliphatic heterocycles. The van der Waals surface area contributed by atoms with E-state index in [0.717, 1.165) is 16.7 Å². The highest BCUT2D eigenvalue weighted by Gasteiger charge is 2.73. The molecule has 0 radical (unpaired) electrons. The first kappa shape index (κ1) is 78.9. The summed E-state index contributed by atoms with van der Waals surface area (Å²) in [7, 11) is -1.68. The third-order valence-electron chi connectivity index (χ3n) is 22.5. The van der Waals surface area contributed by atoms with E-state index in [1.54, 1.807) is 77.4 Å². The number of hydrogen-bond donors (Lipinski definition) is 3. The van der Waals surface area contributed by atoms with Gasteiger partial charge < -0.3 is 52.3 Å². The molecule has 586 valence electrons. The summed E-state index contributed by atoms with van der Waals surface area (Å²) in [6.45, 7) is 22.8. The van der Waals surface area contributed by atoms with Gasteiger partial charge in [0.05, 0.1) is 66.0 Å². The van der Waals surface area contributed by atoms with Crippen molar-refractivity contribution in [3.63, 3.8) is 0 Å². The Balaban J connectivity index is 0.925. The number of rotatable bonds is 31. The second kappa shape index (κ2) is 32.4. The molecule has 11 aromatic rings. The number of nitrogens with zero attached hydrogens (tertiary/aromatic N) is 8. The third kappa shape index (κ3) is 15.2. The average Bonchev–Trinajstić information content (AvgIpc) is 1.50. The van der Waals surface area contributed by atoms with Crippen molar-refractivity contribution in [1.29, 1.82) is 0 Å². The number of methoxy groups -OCH3 is 4. The Morgan fingerprint density at radius 3 is 1.71 bits per heavy atom. The van der Waals surface area contributed by atoms with Crippen molar-refractivity contribution in [3.05, 3.63) is 268 Å². The summed E-state index contributed by atoms with van der Waals surface area (Å²) in [6, 6.07) is 59.0. The molecule has 5 heterocycles. The Kier molecular flexibility index (Phi) is 22.6. The Hall–Kier alpha value is -10.8. The number of ether oxygens (including phenoxy) is 7. The molecule has 113 heavy (non-hydrogen) atoms. The Labute approximate surface area is 656 Å². The monoisotopic (exact) mass is 1570 g/mol. The first-order chi connectivity index (χ1) is 54.4. The number of anilines is 2. The van der Waals surface area contributed by atoms with Crippen LogP contribution >= 0.6 is 7.82 Å². The van der Waals surface area contributed by atoms with Crippen LogP contribution < -0.4 is 35.1 Å². The van der Waals surface area contributed by atoms with E-state index < -0.39 is 117 Å². The lowest BCUT2D eigenvalue weighted by Crippen LogP contribution is -2.52. The molecule has 2 saturated carbocycles. The fourth-order valence-electron chi connectivity index (χ4n) is 15.5. The number of amides is 2. The predicted molar refractivity (Wildman–Crippen MR) is 427 cm³/mol. The molecule has 10 atom stereocenters. The summed E-state index contributed by atoms with van der Waals surface area (Å²) in [4.78, 5) is 71.5. The van der Waals surface area contributed by atoms with Gasteiger partial charge >= 0.3 is 7.82 Å². The molecule has 7 aromatic carbocycles. The van der Waals surface area contributed by atoms with Gasteiger partial charge in [-0.1, -0.05) is 169 Å². The van der Waals surface area contributed by atoms with Gasteiger partial charge in [0.1, 0.15) is 65.4 Å². The Morgan fingerprint density at radius 1 is 0.655 bits per heavy atom. The zero-order valence-electron chi connectivity index (χ0n) is 65.0. The van der Waals surface area contributed by atoms with Crippen LogP contribution in [0.15, 0.2) is 212 Å². The summed E-state index contributed by atoms with van der Waals surface area (Å²) < 4.78 is 95.8. The Bertz CT molecular complexity index is 5240. The first-order valence-electron chi connectivity index (χ1n) is 37.5. The minimum absolute atomic E-state index is 0.0367. The molecule has 3 N–H and O–H groups in total. The zero-order chi connectivity index (χ0) is 79.6. The molecular weight excluding hydrogens is 1470 g/mol. The number of benzene rings is 7. The molecule has 3 fully saturated rings. The van der Waals surface area contributed by atoms with Crippen LogP contribution in [-0.4, -0.2) is 138 Å². The maximum absolute atomic E-state index is 17.0. The largest absolute Gasteiger partial charge is 0.497 e. The molecule has 14 rings (SSSR count). The second-order valence-corrected chi connectivity index (χ2v) is 36.7. The highest BCUT2D eigenvalue weighted by molar-refractivity contribution is 7.48. The molecule has 4 aromatic heterocycles. The van der Waals surface area contributed by atoms with Gasteiger partial charge in [0.15, 0.2) is 42.7 Å². The number of carbonyl (C=O) groups excluding carboxylic acids is 2. The standard InChI is InChI=1S/C85H92N11O15PSi/c1-53(2)77(97)93-81-92-76-70(79(99)94-81)89-51-95(76)80-73(111-113(12,13)82(4,5)6)72(109-85(57-27-21-16-22-28-57,60-33-41-64(103-10)42-34-60)61-35-43-65(104-11)44-36-61)68(108-80)49-107-112(100,106-46-45-86-7)110-71-54(3)83(96-52-90-69-74(87-50-88-75(69)96)91-78(98)55-23-17-14-18-24-55)47-67(83)66(71)48-105-84(56-25-19-15-20-26-56,58-29-37-62(101-8)38-30-58)59-31-39-63(102-9)40-32-59/h14-44,50-54,66-68,71-73,80H,45-49H2,1-6,8-13H3,(H,87,88,91,98)(H2,92,93,94,97,99)/t54-,66+,67+,68-,71+,72-,73-,80-,83-,112?/m1/s1. The van der Waals surface area contributed by atoms with E-state index in [4.69, 9.17) is 72.7 Å². The van der Waals surface area contributed by atoms with Crippen molar-refractivity contribution in [1.82, 2.24) is 39.0 Å². The highest BCUT2D eigenvalue weighted by atomic mass is 31.2. The van der Waals surface area contributed by atoms with E-state index in [1.807, 2.05) is 175 Å². The smallest absolute Gasteiger partial charge is 0.475 e. The topological polar surface area (TPSA) is 288 Å². The summed E-state index contributed by atoms with van der Waals surface area (Å²) in [5.41, 5.74) is 1.04. The van der Waals surface area contributed by atoms with Crippen LogP contribution in [-0.2, 0) is 58.3 Å². The molecule has 1 unspecified atom stereocenters. The van der Waals surface area contributed by atoms with Crippen LogP contribution in [0.4, 0.5) is 11.8 Å². The van der Waals surface area contributed by atoms with Crippen LogP contribution in [0.3, 0.4) is 0 Å². The van der Waals surface area contributed by atoms with E-state index in [-0.39, 0.29) is 42.0 Å². The van der Waals surface area contributed by atoms with Crippen LogP contribution in [0, 0.1) is 30.2 Å². The van der Waals surface area contributed by atoms with Gasteiger partial charge in [0.2, 0.25) is 18.4 Å². The van der Waals surface area contributed by atoms with E-state index in [0.29, 0.717) is 62.8 Å². The van der Waals surface area contributed by atoms with Crippen molar-refractivity contribution in [2.45, 2.75) is 113 Å². The highest BCUT2D eigenvalue weighted by Crippen LogP contribution is 2.71. The molecule has 26 nitrogen and oxygen atoms in total. The van der Waals surface area contributed by atoms with Gasteiger partial charge in [-0.2, -0.15) is 4.98 Å². The molecule has 2 amide bonds. The number of aromatic amines is 1. The van der Waals surface area contributed by atoms with Gasteiger partial charge in [-0.3, -0.25) is 42.8 Å². The zero-order valence-corrected chi connectivity index (χ0v) is 66.9. The van der Waals surface area contributed by atoms with Gasteiger partial charge in [0.25, 0.3) is 11.5 Å². The van der Waals surface area contributed by atoms with E-state index in [9.17, 15) is 14.4 Å². The van der Waals surface area contributed by atoms with Gasteiger partial charge in [-0.05, 0) is 125 Å². The molecule has 28 heteroatoms. The van der Waals surface area contributed by atoms with E-state index in [2.05, 4.69) is 64.3 Å². The first-order valence-corrected chi connectivity index (χ1v) is 41.9. The number of carbonyl (C=O) groups is 2. The van der Waals surface area contributed by atoms with Crippen molar-refractivity contribution in [3.8, 4) is 23.0 Å². The van der Waals surface area contributed by atoms with Gasteiger partial charge in [-0.25, -0.2) is 31.1 Å². The van der Waals surface area contributed by atoms with Crippen LogP contribution in [0.1, 0.15) is 97.9 Å². The molecular formula is C85H92N11O15PSi. The molecule has 3 aliphatic rings. The maximum atomic E-state index is 17.0. The van der Waals surface area contributed by atoms with E-state index in [1.165, 1.54) is 12.7 Å². The Morgan fingerprint density at radius 2 is 1.18 bits per heavy atom. The number of phosphoric ester groups is 1. The maximum Gasteiger partial charge on any atom is 0.475 e. The molecule has 1 saturated heterocycles. The summed E-state index contributed by atoms with van der Waals surface area (Å²) >= 11 is 0. The number of aromatic nitrogens is 8. The minimum Gasteiger partial charge on any atom is -0.497 e. The fourth-order valence-corrected chi connectivity index (χ4v) is 18.3. The van der Waals surface area contributed by atoms with Crippen LogP contribution in [0.2, 0.25) is 18.1 Å². The number of H-pyrrole nitrogens is 1. The molecule has 0 bridgehead atoms. The van der Waals surface area contributed by atoms with Gasteiger partial charge in [0, 0.05) is 23.3 Å². The van der Waals surface area contributed by atoms with E-state index >= 15 is 4.57 Å². The number of hydrogen-bond acceptors (Lipinski definition) is 20. The quantitative estimate of drug-likeness (QED) is 0.0120. The minimum atomic E-state index is -5.04. The second-order valence-electron chi connectivity index (χ2n) is 30.3. The molecule has 0 spiro atoms. The van der Waals surface area contributed by atoms with Gasteiger partial charge in [-0.15, -0.1) is 0 Å². The van der Waals surface area contributed by atoms with Crippen molar-refractivity contribution in [2.75, 3.05) is 65.4 Å². The number of nitrogens with one attached hydrogen (secondary N) is 3. The van der Waals surface area contributed by atoms with Crippen molar-refractivity contribution < 1.29 is 65.3 Å². The average molecular weight is 1570 g/mol. The number of phosphoric acid groups is 1. The third-order valence-corrected chi connectivity index (χ3v) is 28.5. The lowest BCUT2D eigenvalue weighted by molar-refractivity contribution is -0.119. The summed E-state index contributed by atoms with van der Waals surface area (Å²) in [5.74, 6) is -0.323. The lowest BCUT2D eigenvalue weighted by Gasteiger charge is -2.44. The number of fused-ring (bicyclic) bond motifs is 3. The fraction of sp³-hybridized carbons (Fsp3) is 0.353. The lowest BCUT2D eigenvalue weighted by atomic mass is 9.79.